The predicted octanol–water partition coefficient (Wildman–Crippen LogP) is 4.89. The molecular weight excluding hydrogens is 467 g/mol. The van der Waals surface area contributed by atoms with Crippen LogP contribution in [0.25, 0.3) is 5.70 Å². The van der Waals surface area contributed by atoms with Gasteiger partial charge in [-0.25, -0.2) is 4.98 Å². The van der Waals surface area contributed by atoms with Crippen LogP contribution in [-0.4, -0.2) is 46.5 Å². The van der Waals surface area contributed by atoms with Crippen molar-refractivity contribution >= 4 is 17.4 Å². The number of aromatic nitrogens is 2. The fourth-order valence-corrected chi connectivity index (χ4v) is 4.98. The molecular formula is C27H24F3N5O. The maximum Gasteiger partial charge on any atom is 0.416 e. The number of hydrogen-bond acceptors (Lipinski definition) is 4. The third-order valence-electron chi connectivity index (χ3n) is 6.83. The van der Waals surface area contributed by atoms with Gasteiger partial charge in [-0.15, -0.1) is 0 Å². The summed E-state index contributed by atoms with van der Waals surface area (Å²) in [4.78, 5) is 21.1. The Morgan fingerprint density at radius 2 is 1.83 bits per heavy atom. The van der Waals surface area contributed by atoms with Crippen molar-refractivity contribution in [2.75, 3.05) is 31.1 Å². The maximum absolute atomic E-state index is 13.3. The molecule has 0 radical (unpaired) electrons. The first-order valence-electron chi connectivity index (χ1n) is 11.8. The maximum atomic E-state index is 13.3. The number of amides is 1. The second-order valence-corrected chi connectivity index (χ2v) is 9.03. The molecule has 0 saturated carbocycles. The summed E-state index contributed by atoms with van der Waals surface area (Å²) in [6.07, 6.45) is 0.517. The molecule has 184 valence electrons. The van der Waals surface area contributed by atoms with E-state index in [2.05, 4.69) is 22.0 Å². The molecule has 1 saturated heterocycles. The zero-order valence-corrected chi connectivity index (χ0v) is 19.4. The van der Waals surface area contributed by atoms with Gasteiger partial charge in [-0.05, 0) is 61.2 Å². The van der Waals surface area contributed by atoms with Crippen LogP contribution in [0.3, 0.4) is 0 Å². The van der Waals surface area contributed by atoms with Crippen LogP contribution in [0.5, 0.6) is 0 Å². The van der Waals surface area contributed by atoms with E-state index >= 15 is 0 Å². The largest absolute Gasteiger partial charge is 0.416 e. The molecule has 1 aromatic heterocycles. The second kappa shape index (κ2) is 9.63. The van der Waals surface area contributed by atoms with Gasteiger partial charge in [0.1, 0.15) is 12.4 Å². The summed E-state index contributed by atoms with van der Waals surface area (Å²) in [6, 6.07) is 17.4. The molecule has 0 bridgehead atoms. The smallest absolute Gasteiger partial charge is 0.294 e. The molecule has 3 heterocycles. The van der Waals surface area contributed by atoms with Crippen LogP contribution in [-0.2, 0) is 11.0 Å². The third-order valence-corrected chi connectivity index (χ3v) is 6.83. The number of rotatable bonds is 4. The Hall–Kier alpha value is -3.90. The Balaban J connectivity index is 1.33. The summed E-state index contributed by atoms with van der Waals surface area (Å²) in [7, 11) is 0. The van der Waals surface area contributed by atoms with E-state index in [-0.39, 0.29) is 30.5 Å². The van der Waals surface area contributed by atoms with Crippen molar-refractivity contribution in [1.29, 1.82) is 5.26 Å². The minimum Gasteiger partial charge on any atom is -0.294 e. The van der Waals surface area contributed by atoms with Crippen molar-refractivity contribution in [2.45, 2.75) is 24.9 Å². The van der Waals surface area contributed by atoms with Gasteiger partial charge in [0.25, 0.3) is 0 Å². The molecule has 1 fully saturated rings. The lowest BCUT2D eigenvalue weighted by Crippen LogP contribution is -2.45. The van der Waals surface area contributed by atoms with E-state index in [0.717, 1.165) is 38.1 Å². The van der Waals surface area contributed by atoms with E-state index in [9.17, 15) is 23.2 Å². The van der Waals surface area contributed by atoms with E-state index in [1.807, 2.05) is 24.3 Å². The number of alkyl halides is 3. The van der Waals surface area contributed by atoms with Crippen LogP contribution in [0, 0.1) is 11.3 Å². The van der Waals surface area contributed by atoms with Gasteiger partial charge in [-0.3, -0.25) is 19.2 Å². The van der Waals surface area contributed by atoms with E-state index in [0.29, 0.717) is 17.2 Å². The quantitative estimate of drug-likeness (QED) is 0.521. The van der Waals surface area contributed by atoms with Gasteiger partial charge in [0, 0.05) is 6.54 Å². The van der Waals surface area contributed by atoms with Gasteiger partial charge in [0.2, 0.25) is 5.91 Å². The third kappa shape index (κ3) is 4.64. The first-order valence-corrected chi connectivity index (χ1v) is 11.8. The van der Waals surface area contributed by atoms with Gasteiger partial charge < -0.3 is 0 Å². The zero-order chi connectivity index (χ0) is 25.3. The summed E-state index contributed by atoms with van der Waals surface area (Å²) >= 11 is 0. The summed E-state index contributed by atoms with van der Waals surface area (Å²) in [6.45, 7) is 1.92. The van der Waals surface area contributed by atoms with Crippen LogP contribution in [0.15, 0.2) is 67.0 Å². The Morgan fingerprint density at radius 3 is 2.53 bits per heavy atom. The molecule has 36 heavy (non-hydrogen) atoms. The van der Waals surface area contributed by atoms with E-state index < -0.39 is 11.7 Å². The summed E-state index contributed by atoms with van der Waals surface area (Å²) in [5, 5.41) is 9.61. The Kier molecular flexibility index (Phi) is 6.37. The van der Waals surface area contributed by atoms with Gasteiger partial charge in [0.05, 0.1) is 17.8 Å². The van der Waals surface area contributed by atoms with Gasteiger partial charge in [-0.2, -0.15) is 18.4 Å². The molecule has 2 aromatic carbocycles. The first kappa shape index (κ1) is 23.8. The predicted molar refractivity (Wildman–Crippen MR) is 129 cm³/mol. The number of fused-ring (bicyclic) bond motifs is 1. The topological polar surface area (TPSA) is 65.2 Å². The van der Waals surface area contributed by atoms with E-state index in [1.165, 1.54) is 27.4 Å². The lowest BCUT2D eigenvalue weighted by Gasteiger charge is -2.34. The number of hydrogen-bond donors (Lipinski definition) is 0. The number of nitrogens with zero attached hydrogens (tertiary/aromatic N) is 5. The van der Waals surface area contributed by atoms with Gasteiger partial charge in [0.15, 0.2) is 11.5 Å². The fourth-order valence-electron chi connectivity index (χ4n) is 4.98. The molecule has 9 heteroatoms. The SMILES string of the molecule is N#Cc1ncn2c1N(C(=O)CN1CCC(c3ccccc3)CC1)CC=C2c1cccc(C(F)(F)F)c1. The molecule has 1 amide bonds. The minimum absolute atomic E-state index is 0.0590. The lowest BCUT2D eigenvalue weighted by atomic mass is 9.89. The molecule has 5 rings (SSSR count). The van der Waals surface area contributed by atoms with Crippen molar-refractivity contribution in [2.24, 2.45) is 0 Å². The molecule has 0 N–H and O–H groups in total. The highest BCUT2D eigenvalue weighted by molar-refractivity contribution is 5.97. The highest BCUT2D eigenvalue weighted by Crippen LogP contribution is 2.35. The standard InChI is InChI=1S/C27H24F3N5O/c28-27(29,30)22-8-4-7-21(15-22)24-11-14-34(26-23(16-31)32-18-35(24)26)25(36)17-33-12-9-20(10-13-33)19-5-2-1-3-6-19/h1-8,11,15,18,20H,9-10,12-14,17H2. The molecule has 0 unspecified atom stereocenters. The average molecular weight is 492 g/mol. The monoisotopic (exact) mass is 491 g/mol. The summed E-state index contributed by atoms with van der Waals surface area (Å²) < 4.78 is 41.3. The van der Waals surface area contributed by atoms with Crippen LogP contribution < -0.4 is 4.90 Å². The van der Waals surface area contributed by atoms with Gasteiger partial charge >= 0.3 is 6.18 Å². The summed E-state index contributed by atoms with van der Waals surface area (Å²) in [5.41, 5.74) is 1.40. The number of likely N-dealkylation sites (tertiary alicyclic amines) is 1. The number of anilines is 1. The molecule has 0 aliphatic carbocycles. The molecule has 0 atom stereocenters. The van der Waals surface area contributed by atoms with Crippen molar-refractivity contribution in [3.05, 3.63) is 89.4 Å². The summed E-state index contributed by atoms with van der Waals surface area (Å²) in [5.74, 6) is 0.583. The number of halogens is 3. The zero-order valence-electron chi connectivity index (χ0n) is 19.4. The number of imidazole rings is 1. The highest BCUT2D eigenvalue weighted by atomic mass is 19.4. The van der Waals surface area contributed by atoms with Crippen LogP contribution in [0.1, 0.15) is 41.1 Å². The number of piperidine rings is 1. The Morgan fingerprint density at radius 1 is 1.08 bits per heavy atom. The Labute approximate surface area is 206 Å². The second-order valence-electron chi connectivity index (χ2n) is 9.03. The van der Waals surface area contributed by atoms with Gasteiger partial charge in [-0.1, -0.05) is 42.5 Å². The van der Waals surface area contributed by atoms with Crippen LogP contribution in [0.2, 0.25) is 0 Å². The number of carbonyl (C=O) groups excluding carboxylic acids is 1. The van der Waals surface area contributed by atoms with E-state index in [1.54, 1.807) is 12.1 Å². The van der Waals surface area contributed by atoms with Crippen molar-refractivity contribution in [1.82, 2.24) is 14.5 Å². The van der Waals surface area contributed by atoms with Crippen LogP contribution >= 0.6 is 0 Å². The highest BCUT2D eigenvalue weighted by Gasteiger charge is 2.33. The average Bonchev–Trinajstić information content (AvgIpc) is 3.33. The number of benzene rings is 2. The van der Waals surface area contributed by atoms with Crippen LogP contribution in [0.4, 0.5) is 19.0 Å². The number of nitriles is 1. The molecule has 3 aromatic rings. The van der Waals surface area contributed by atoms with E-state index in [4.69, 9.17) is 0 Å². The van der Waals surface area contributed by atoms with Crippen molar-refractivity contribution in [3.63, 3.8) is 0 Å². The molecule has 0 spiro atoms. The first-order chi connectivity index (χ1) is 17.3. The minimum atomic E-state index is -4.48. The number of carbonyl (C=O) groups is 1. The molecule has 6 nitrogen and oxygen atoms in total. The normalized spacial score (nSPS) is 16.8. The van der Waals surface area contributed by atoms with Crippen molar-refractivity contribution in [3.8, 4) is 6.07 Å². The lowest BCUT2D eigenvalue weighted by molar-refractivity contribution is -0.137. The molecule has 2 aliphatic rings. The molecule has 2 aliphatic heterocycles. The van der Waals surface area contributed by atoms with Crippen molar-refractivity contribution < 1.29 is 18.0 Å². The Bertz CT molecular complexity index is 1330. The fraction of sp³-hybridized carbons (Fsp3) is 0.296.